The maximum absolute atomic E-state index is 12.4. The van der Waals surface area contributed by atoms with E-state index in [4.69, 9.17) is 16.3 Å². The van der Waals surface area contributed by atoms with Crippen LogP contribution >= 0.6 is 23.5 Å². The minimum absolute atomic E-state index is 0.247. The van der Waals surface area contributed by atoms with Gasteiger partial charge < -0.3 is 11.1 Å². The Kier molecular flexibility index (Phi) is 9.00. The molecule has 0 bridgehead atoms. The Balaban J connectivity index is 2.18. The standard InChI is InChI=1S/C21H20N4OS2/c22-10-4-12-27-19-15-18(20(14-17(19)24)28-13-5-11-23)25-21(26)9-8-16-6-2-1-3-7-16/h1-3,6-9,14-15H,4-5,12-13,24H2,(H,25,26)/b9-8+. The van der Waals surface area contributed by atoms with E-state index in [-0.39, 0.29) is 5.91 Å². The van der Waals surface area contributed by atoms with Crippen LogP contribution < -0.4 is 11.1 Å². The quantitative estimate of drug-likeness (QED) is 0.264. The SMILES string of the molecule is N#CCCSc1cc(NC(=O)/C=C/c2ccccc2)c(SCCC#N)cc1N. The van der Waals surface area contributed by atoms with Crippen molar-refractivity contribution >= 4 is 46.9 Å². The molecule has 7 heteroatoms. The first kappa shape index (κ1) is 21.4. The van der Waals surface area contributed by atoms with Crippen molar-refractivity contribution in [2.45, 2.75) is 22.6 Å². The van der Waals surface area contributed by atoms with Crippen LogP contribution in [0.3, 0.4) is 0 Å². The highest BCUT2D eigenvalue weighted by molar-refractivity contribution is 8.00. The summed E-state index contributed by atoms with van der Waals surface area (Å²) >= 11 is 2.96. The van der Waals surface area contributed by atoms with Gasteiger partial charge in [-0.15, -0.1) is 23.5 Å². The molecule has 5 nitrogen and oxygen atoms in total. The van der Waals surface area contributed by atoms with Crippen LogP contribution in [0, 0.1) is 22.7 Å². The number of nitrogens with two attached hydrogens (primary N) is 1. The van der Waals surface area contributed by atoms with E-state index in [0.29, 0.717) is 35.7 Å². The number of nitriles is 2. The zero-order valence-electron chi connectivity index (χ0n) is 15.2. The van der Waals surface area contributed by atoms with Gasteiger partial charge in [0.2, 0.25) is 5.91 Å². The molecule has 142 valence electrons. The Morgan fingerprint density at radius 2 is 1.68 bits per heavy atom. The van der Waals surface area contributed by atoms with Gasteiger partial charge in [-0.2, -0.15) is 10.5 Å². The number of anilines is 2. The summed E-state index contributed by atoms with van der Waals surface area (Å²) in [5.41, 5.74) is 8.32. The molecule has 0 saturated heterocycles. The first-order chi connectivity index (χ1) is 13.6. The predicted molar refractivity (Wildman–Crippen MR) is 117 cm³/mol. The van der Waals surface area contributed by atoms with Gasteiger partial charge in [-0.1, -0.05) is 30.3 Å². The Morgan fingerprint density at radius 1 is 1.04 bits per heavy atom. The number of carbonyl (C=O) groups is 1. The molecule has 0 unspecified atom stereocenters. The van der Waals surface area contributed by atoms with Crippen molar-refractivity contribution in [2.75, 3.05) is 22.6 Å². The molecule has 0 atom stereocenters. The van der Waals surface area contributed by atoms with Crippen molar-refractivity contribution in [3.8, 4) is 12.1 Å². The van der Waals surface area contributed by atoms with E-state index in [1.165, 1.54) is 29.6 Å². The molecule has 2 rings (SSSR count). The molecule has 0 heterocycles. The number of benzene rings is 2. The number of hydrogen-bond acceptors (Lipinski definition) is 6. The third kappa shape index (κ3) is 7.03. The summed E-state index contributed by atoms with van der Waals surface area (Å²) in [5.74, 6) is 0.992. The predicted octanol–water partition coefficient (Wildman–Crippen LogP) is 4.93. The Bertz CT molecular complexity index is 914. The Morgan fingerprint density at radius 3 is 2.32 bits per heavy atom. The van der Waals surface area contributed by atoms with E-state index in [1.54, 1.807) is 6.08 Å². The number of amides is 1. The molecule has 2 aromatic carbocycles. The van der Waals surface area contributed by atoms with Gasteiger partial charge in [0, 0.05) is 45.9 Å². The molecule has 28 heavy (non-hydrogen) atoms. The fourth-order valence-electron chi connectivity index (χ4n) is 2.24. The number of nitrogens with one attached hydrogen (secondary N) is 1. The Labute approximate surface area is 173 Å². The van der Waals surface area contributed by atoms with Crippen LogP contribution in [0.2, 0.25) is 0 Å². The van der Waals surface area contributed by atoms with Gasteiger partial charge in [-0.3, -0.25) is 4.79 Å². The van der Waals surface area contributed by atoms with Crippen LogP contribution in [-0.4, -0.2) is 17.4 Å². The second-order valence-corrected chi connectivity index (χ2v) is 7.91. The number of thioether (sulfide) groups is 2. The van der Waals surface area contributed by atoms with Gasteiger partial charge in [-0.25, -0.2) is 0 Å². The fraction of sp³-hybridized carbons (Fsp3) is 0.190. The maximum Gasteiger partial charge on any atom is 0.248 e. The average molecular weight is 409 g/mol. The molecular weight excluding hydrogens is 388 g/mol. The van der Waals surface area contributed by atoms with Gasteiger partial charge in [0.15, 0.2) is 0 Å². The number of nitrogens with zero attached hydrogens (tertiary/aromatic N) is 2. The van der Waals surface area contributed by atoms with Crippen LogP contribution in [0.4, 0.5) is 11.4 Å². The first-order valence-corrected chi connectivity index (χ1v) is 10.6. The summed E-state index contributed by atoms with van der Waals surface area (Å²) in [6.07, 6.45) is 4.06. The van der Waals surface area contributed by atoms with Crippen molar-refractivity contribution in [1.82, 2.24) is 0 Å². The molecule has 0 fully saturated rings. The molecule has 0 aliphatic heterocycles. The van der Waals surface area contributed by atoms with Gasteiger partial charge >= 0.3 is 0 Å². The average Bonchev–Trinajstić information content (AvgIpc) is 2.70. The van der Waals surface area contributed by atoms with E-state index >= 15 is 0 Å². The lowest BCUT2D eigenvalue weighted by Gasteiger charge is -2.14. The second-order valence-electron chi connectivity index (χ2n) is 5.63. The summed E-state index contributed by atoms with van der Waals surface area (Å²) in [4.78, 5) is 14.0. The maximum atomic E-state index is 12.4. The lowest BCUT2D eigenvalue weighted by Crippen LogP contribution is -2.09. The number of rotatable bonds is 9. The fourth-order valence-corrected chi connectivity index (χ4v) is 3.97. The van der Waals surface area contributed by atoms with Crippen LogP contribution in [0.25, 0.3) is 6.08 Å². The highest BCUT2D eigenvalue weighted by atomic mass is 32.2. The highest BCUT2D eigenvalue weighted by Crippen LogP contribution is 2.36. The summed E-state index contributed by atoms with van der Waals surface area (Å²) in [6, 6.07) is 17.4. The van der Waals surface area contributed by atoms with Crippen molar-refractivity contribution < 1.29 is 4.79 Å². The molecule has 0 radical (unpaired) electrons. The van der Waals surface area contributed by atoms with Gasteiger partial charge in [0.1, 0.15) is 0 Å². The van der Waals surface area contributed by atoms with E-state index in [1.807, 2.05) is 42.5 Å². The highest BCUT2D eigenvalue weighted by Gasteiger charge is 2.11. The first-order valence-electron chi connectivity index (χ1n) is 8.61. The molecule has 0 aromatic heterocycles. The Hall–Kier alpha value is -2.87. The molecule has 1 amide bonds. The molecule has 0 saturated carbocycles. The molecular formula is C21H20N4OS2. The number of carbonyl (C=O) groups excluding carboxylic acids is 1. The van der Waals surface area contributed by atoms with Gasteiger partial charge in [0.05, 0.1) is 17.8 Å². The largest absolute Gasteiger partial charge is 0.398 e. The van der Waals surface area contributed by atoms with Crippen LogP contribution in [0.5, 0.6) is 0 Å². The van der Waals surface area contributed by atoms with Crippen molar-refractivity contribution in [3.63, 3.8) is 0 Å². The van der Waals surface area contributed by atoms with Crippen LogP contribution in [0.15, 0.2) is 58.3 Å². The molecule has 2 aromatic rings. The van der Waals surface area contributed by atoms with Gasteiger partial charge in [-0.05, 0) is 23.8 Å². The third-order valence-corrected chi connectivity index (χ3v) is 5.67. The third-order valence-electron chi connectivity index (χ3n) is 3.54. The summed E-state index contributed by atoms with van der Waals surface area (Å²) in [6.45, 7) is 0. The molecule has 0 aliphatic carbocycles. The lowest BCUT2D eigenvalue weighted by atomic mass is 10.2. The zero-order chi connectivity index (χ0) is 20.2. The molecule has 0 spiro atoms. The van der Waals surface area contributed by atoms with Crippen LogP contribution in [0.1, 0.15) is 18.4 Å². The normalized spacial score (nSPS) is 10.4. The summed E-state index contributed by atoms with van der Waals surface area (Å²) in [7, 11) is 0. The second kappa shape index (κ2) is 11.8. The topological polar surface area (TPSA) is 103 Å². The molecule has 3 N–H and O–H groups in total. The van der Waals surface area contributed by atoms with Crippen molar-refractivity contribution in [3.05, 3.63) is 54.1 Å². The minimum atomic E-state index is -0.247. The smallest absolute Gasteiger partial charge is 0.248 e. The van der Waals surface area contributed by atoms with E-state index in [2.05, 4.69) is 17.5 Å². The van der Waals surface area contributed by atoms with E-state index in [9.17, 15) is 4.79 Å². The minimum Gasteiger partial charge on any atom is -0.398 e. The molecule has 0 aliphatic rings. The summed E-state index contributed by atoms with van der Waals surface area (Å²) < 4.78 is 0. The summed E-state index contributed by atoms with van der Waals surface area (Å²) in [5, 5.41) is 20.4. The van der Waals surface area contributed by atoms with Crippen molar-refractivity contribution in [2.24, 2.45) is 0 Å². The van der Waals surface area contributed by atoms with E-state index < -0.39 is 0 Å². The monoisotopic (exact) mass is 408 g/mol. The lowest BCUT2D eigenvalue weighted by molar-refractivity contribution is -0.111. The number of nitrogen functional groups attached to an aromatic ring is 1. The van der Waals surface area contributed by atoms with Crippen molar-refractivity contribution in [1.29, 1.82) is 10.5 Å². The number of hydrogen-bond donors (Lipinski definition) is 2. The van der Waals surface area contributed by atoms with Gasteiger partial charge in [0.25, 0.3) is 0 Å². The van der Waals surface area contributed by atoms with Crippen LogP contribution in [-0.2, 0) is 4.79 Å². The zero-order valence-corrected chi connectivity index (χ0v) is 16.9. The van der Waals surface area contributed by atoms with E-state index in [0.717, 1.165) is 15.4 Å².